The van der Waals surface area contributed by atoms with Crippen molar-refractivity contribution in [1.82, 2.24) is 5.32 Å². The number of thioether (sulfide) groups is 1. The Morgan fingerprint density at radius 3 is 2.75 bits per heavy atom. The van der Waals surface area contributed by atoms with Crippen LogP contribution in [0.1, 0.15) is 12.0 Å². The van der Waals surface area contributed by atoms with Crippen molar-refractivity contribution in [2.24, 2.45) is 0 Å². The second kappa shape index (κ2) is 5.78. The molecule has 0 bridgehead atoms. The average Bonchev–Trinajstić information content (AvgIpc) is 2.83. The lowest BCUT2D eigenvalue weighted by molar-refractivity contribution is -0.146. The number of halogens is 2. The largest absolute Gasteiger partial charge is 0.479 e. The summed E-state index contributed by atoms with van der Waals surface area (Å²) in [6, 6.07) is 2.84. The monoisotopic (exact) mass is 301 g/mol. The minimum Gasteiger partial charge on any atom is -0.479 e. The molecule has 0 aromatic heterocycles. The van der Waals surface area contributed by atoms with Gasteiger partial charge in [-0.25, -0.2) is 13.6 Å². The maximum atomic E-state index is 13.4. The molecular formula is C13H13F2NO3S. The summed E-state index contributed by atoms with van der Waals surface area (Å²) in [5.41, 5.74) is -1.39. The maximum absolute atomic E-state index is 13.4. The molecule has 7 heteroatoms. The van der Waals surface area contributed by atoms with Crippen LogP contribution in [0.15, 0.2) is 18.2 Å². The Labute approximate surface area is 118 Å². The molecule has 1 aromatic carbocycles. The van der Waals surface area contributed by atoms with Crippen molar-refractivity contribution >= 4 is 23.6 Å². The summed E-state index contributed by atoms with van der Waals surface area (Å²) in [5, 5.41) is 11.7. The number of carbonyl (C=O) groups excluding carboxylic acids is 1. The van der Waals surface area contributed by atoms with Crippen LogP contribution in [0, 0.1) is 11.6 Å². The lowest BCUT2D eigenvalue weighted by Crippen LogP contribution is -2.55. The summed E-state index contributed by atoms with van der Waals surface area (Å²) in [6.07, 6.45) is -0.0618. The molecule has 0 radical (unpaired) electrons. The lowest BCUT2D eigenvalue weighted by Gasteiger charge is -2.24. The predicted molar refractivity (Wildman–Crippen MR) is 70.5 cm³/mol. The first-order chi connectivity index (χ1) is 9.43. The number of hydrogen-bond donors (Lipinski definition) is 2. The highest BCUT2D eigenvalue weighted by molar-refractivity contribution is 7.99. The fourth-order valence-corrected chi connectivity index (χ4v) is 3.37. The number of aliphatic carboxylic acids is 1. The van der Waals surface area contributed by atoms with Crippen LogP contribution in [-0.4, -0.2) is 34.0 Å². The number of rotatable bonds is 4. The number of benzene rings is 1. The van der Waals surface area contributed by atoms with Crippen LogP contribution in [0.4, 0.5) is 8.78 Å². The zero-order valence-corrected chi connectivity index (χ0v) is 11.3. The molecule has 1 amide bonds. The van der Waals surface area contributed by atoms with Gasteiger partial charge in [0, 0.05) is 11.3 Å². The van der Waals surface area contributed by atoms with E-state index in [1.165, 1.54) is 11.8 Å². The van der Waals surface area contributed by atoms with Gasteiger partial charge in [-0.1, -0.05) is 0 Å². The number of nitrogens with one attached hydrogen (secondary N) is 1. The van der Waals surface area contributed by atoms with Crippen molar-refractivity contribution in [3.63, 3.8) is 0 Å². The van der Waals surface area contributed by atoms with Gasteiger partial charge in [-0.15, -0.1) is 0 Å². The van der Waals surface area contributed by atoms with Crippen LogP contribution in [-0.2, 0) is 16.0 Å². The van der Waals surface area contributed by atoms with Crippen LogP contribution in [0.5, 0.6) is 0 Å². The van der Waals surface area contributed by atoms with Crippen LogP contribution in [0.3, 0.4) is 0 Å². The first-order valence-electron chi connectivity index (χ1n) is 5.99. The van der Waals surface area contributed by atoms with Gasteiger partial charge in [0.1, 0.15) is 17.2 Å². The molecule has 1 aromatic rings. The summed E-state index contributed by atoms with van der Waals surface area (Å²) in [4.78, 5) is 23.1. The van der Waals surface area contributed by atoms with Crippen molar-refractivity contribution in [2.75, 3.05) is 11.5 Å². The Hall–Kier alpha value is -1.63. The van der Waals surface area contributed by atoms with Gasteiger partial charge in [0.25, 0.3) is 0 Å². The first kappa shape index (κ1) is 14.8. The van der Waals surface area contributed by atoms with Crippen LogP contribution in [0.25, 0.3) is 0 Å². The SMILES string of the molecule is O=C(Cc1cc(F)ccc1F)NC1(C(=O)O)CCSC1. The van der Waals surface area contributed by atoms with Gasteiger partial charge in [-0.05, 0) is 30.4 Å². The van der Waals surface area contributed by atoms with Crippen LogP contribution >= 0.6 is 11.8 Å². The fraction of sp³-hybridized carbons (Fsp3) is 0.385. The highest BCUT2D eigenvalue weighted by atomic mass is 32.2. The molecule has 0 aliphatic carbocycles. The van der Waals surface area contributed by atoms with Crippen molar-refractivity contribution in [1.29, 1.82) is 0 Å². The van der Waals surface area contributed by atoms with Gasteiger partial charge in [0.2, 0.25) is 5.91 Å². The summed E-state index contributed by atoms with van der Waals surface area (Å²) >= 11 is 1.43. The minimum absolute atomic E-state index is 0.0892. The average molecular weight is 301 g/mol. The third-order valence-corrected chi connectivity index (χ3v) is 4.36. The van der Waals surface area contributed by atoms with Crippen LogP contribution < -0.4 is 5.32 Å². The molecule has 0 saturated carbocycles. The van der Waals surface area contributed by atoms with Gasteiger partial charge in [-0.3, -0.25) is 4.79 Å². The molecule has 1 fully saturated rings. The number of hydrogen-bond acceptors (Lipinski definition) is 3. The molecule has 1 aliphatic rings. The summed E-state index contributed by atoms with van der Waals surface area (Å²) < 4.78 is 26.4. The Kier molecular flexibility index (Phi) is 4.27. The third-order valence-electron chi connectivity index (χ3n) is 3.17. The van der Waals surface area contributed by atoms with Gasteiger partial charge >= 0.3 is 5.97 Å². The Balaban J connectivity index is 2.08. The molecule has 4 nitrogen and oxygen atoms in total. The molecule has 20 heavy (non-hydrogen) atoms. The first-order valence-corrected chi connectivity index (χ1v) is 7.14. The van der Waals surface area contributed by atoms with Crippen molar-refractivity contribution < 1.29 is 23.5 Å². The standard InChI is InChI=1S/C13H13F2NO3S/c14-9-1-2-10(15)8(5-9)6-11(17)16-13(12(18)19)3-4-20-7-13/h1-2,5H,3-4,6-7H2,(H,16,17)(H,18,19). The number of carboxylic acids is 1. The second-order valence-corrected chi connectivity index (χ2v) is 5.76. The quantitative estimate of drug-likeness (QED) is 0.886. The van der Waals surface area contributed by atoms with Crippen molar-refractivity contribution in [3.05, 3.63) is 35.4 Å². The number of carboxylic acid groups (broad SMARTS) is 1. The van der Waals surface area contributed by atoms with E-state index in [0.29, 0.717) is 12.2 Å². The summed E-state index contributed by atoms with van der Waals surface area (Å²) in [7, 11) is 0. The van der Waals surface area contributed by atoms with E-state index in [4.69, 9.17) is 0 Å². The van der Waals surface area contributed by atoms with Gasteiger partial charge in [0.05, 0.1) is 6.42 Å². The molecule has 108 valence electrons. The lowest BCUT2D eigenvalue weighted by atomic mass is 9.98. The summed E-state index contributed by atoms with van der Waals surface area (Å²) in [5.74, 6) is -2.14. The van der Waals surface area contributed by atoms with E-state index in [1.54, 1.807) is 0 Å². The zero-order chi connectivity index (χ0) is 14.8. The Morgan fingerprint density at radius 1 is 1.40 bits per heavy atom. The van der Waals surface area contributed by atoms with Gasteiger partial charge in [0.15, 0.2) is 0 Å². The molecule has 0 spiro atoms. The molecule has 2 rings (SSSR count). The van der Waals surface area contributed by atoms with Crippen molar-refractivity contribution in [2.45, 2.75) is 18.4 Å². The molecule has 1 aliphatic heterocycles. The third kappa shape index (κ3) is 3.09. The van der Waals surface area contributed by atoms with Gasteiger partial charge < -0.3 is 10.4 Å². The normalized spacial score (nSPS) is 21.7. The number of amides is 1. The fourth-order valence-electron chi connectivity index (χ4n) is 2.05. The second-order valence-electron chi connectivity index (χ2n) is 4.65. The molecule has 2 N–H and O–H groups in total. The molecular weight excluding hydrogens is 288 g/mol. The van der Waals surface area contributed by atoms with E-state index >= 15 is 0 Å². The van der Waals surface area contributed by atoms with Crippen molar-refractivity contribution in [3.8, 4) is 0 Å². The van der Waals surface area contributed by atoms with E-state index in [0.717, 1.165) is 18.2 Å². The molecule has 1 atom stereocenters. The van der Waals surface area contributed by atoms with E-state index in [2.05, 4.69) is 5.32 Å². The maximum Gasteiger partial charge on any atom is 0.330 e. The highest BCUT2D eigenvalue weighted by Gasteiger charge is 2.43. The summed E-state index contributed by atoms with van der Waals surface area (Å²) in [6.45, 7) is 0. The zero-order valence-electron chi connectivity index (χ0n) is 10.5. The predicted octanol–water partition coefficient (Wildman–Crippen LogP) is 1.58. The number of carbonyl (C=O) groups is 2. The Bertz CT molecular complexity index is 544. The van der Waals surface area contributed by atoms with Crippen LogP contribution in [0.2, 0.25) is 0 Å². The molecule has 1 saturated heterocycles. The molecule has 1 unspecified atom stereocenters. The minimum atomic E-state index is -1.30. The van der Waals surface area contributed by atoms with E-state index in [9.17, 15) is 23.5 Å². The van der Waals surface area contributed by atoms with E-state index < -0.39 is 29.0 Å². The van der Waals surface area contributed by atoms with E-state index in [1.807, 2.05) is 0 Å². The highest BCUT2D eigenvalue weighted by Crippen LogP contribution is 2.28. The molecule has 1 heterocycles. The Morgan fingerprint density at radius 2 is 2.15 bits per heavy atom. The van der Waals surface area contributed by atoms with E-state index in [-0.39, 0.29) is 17.7 Å². The van der Waals surface area contributed by atoms with Gasteiger partial charge in [-0.2, -0.15) is 11.8 Å². The smallest absolute Gasteiger partial charge is 0.330 e. The topological polar surface area (TPSA) is 66.4 Å².